The monoisotopic (exact) mass is 534 g/mol. The van der Waals surface area contributed by atoms with E-state index in [1.54, 1.807) is 37.3 Å². The Kier molecular flexibility index (Phi) is 8.08. The maximum Gasteiger partial charge on any atom is 0.338 e. The highest BCUT2D eigenvalue weighted by Crippen LogP contribution is 2.30. The third kappa shape index (κ3) is 5.68. The molecule has 4 rings (SSSR count). The number of rotatable bonds is 8. The molecule has 0 spiro atoms. The SMILES string of the molecule is CCOC(=O)c1ccc(N2C(=O)NC(=O)/C(=C\c3ccc(OC)cc3OCc3ccccc3Cl)C2=O)cc1. The summed E-state index contributed by atoms with van der Waals surface area (Å²) in [6.07, 6.45) is 1.34. The fraction of sp³-hybridized carbons (Fsp3) is 0.143. The van der Waals surface area contributed by atoms with Crippen LogP contribution >= 0.6 is 11.6 Å². The van der Waals surface area contributed by atoms with Crippen LogP contribution in [0, 0.1) is 0 Å². The van der Waals surface area contributed by atoms with Gasteiger partial charge >= 0.3 is 12.0 Å². The number of methoxy groups -OCH3 is 1. The molecule has 3 aromatic rings. The lowest BCUT2D eigenvalue weighted by atomic mass is 10.1. The average Bonchev–Trinajstić information content (AvgIpc) is 2.91. The highest BCUT2D eigenvalue weighted by molar-refractivity contribution is 6.39. The van der Waals surface area contributed by atoms with Crippen molar-refractivity contribution in [1.82, 2.24) is 5.32 Å². The molecule has 0 atom stereocenters. The molecule has 1 heterocycles. The molecule has 3 aromatic carbocycles. The molecule has 10 heteroatoms. The minimum Gasteiger partial charge on any atom is -0.497 e. The molecule has 194 valence electrons. The number of hydrogen-bond acceptors (Lipinski definition) is 7. The topological polar surface area (TPSA) is 111 Å². The molecule has 1 saturated heterocycles. The maximum absolute atomic E-state index is 13.3. The summed E-state index contributed by atoms with van der Waals surface area (Å²) in [4.78, 5) is 51.3. The van der Waals surface area contributed by atoms with Crippen molar-refractivity contribution < 1.29 is 33.4 Å². The van der Waals surface area contributed by atoms with Gasteiger partial charge in [-0.3, -0.25) is 14.9 Å². The van der Waals surface area contributed by atoms with Crippen molar-refractivity contribution in [2.24, 2.45) is 0 Å². The number of carbonyl (C=O) groups is 4. The number of hydrogen-bond donors (Lipinski definition) is 1. The van der Waals surface area contributed by atoms with Crippen molar-refractivity contribution in [3.63, 3.8) is 0 Å². The number of ether oxygens (including phenoxy) is 3. The zero-order valence-electron chi connectivity index (χ0n) is 20.5. The highest BCUT2D eigenvalue weighted by Gasteiger charge is 2.37. The van der Waals surface area contributed by atoms with Crippen LogP contribution in [-0.4, -0.2) is 37.5 Å². The van der Waals surface area contributed by atoms with Crippen molar-refractivity contribution in [1.29, 1.82) is 0 Å². The van der Waals surface area contributed by atoms with Gasteiger partial charge in [-0.05, 0) is 55.5 Å². The molecule has 0 aliphatic carbocycles. The van der Waals surface area contributed by atoms with Crippen LogP contribution in [0.4, 0.5) is 10.5 Å². The summed E-state index contributed by atoms with van der Waals surface area (Å²) < 4.78 is 16.2. The molecule has 1 aliphatic heterocycles. The van der Waals surface area contributed by atoms with E-state index in [1.807, 2.05) is 12.1 Å². The van der Waals surface area contributed by atoms with Gasteiger partial charge in [0, 0.05) is 22.2 Å². The van der Waals surface area contributed by atoms with Crippen LogP contribution in [-0.2, 0) is 20.9 Å². The molecule has 0 aromatic heterocycles. The molecule has 1 aliphatic rings. The first-order valence-corrected chi connectivity index (χ1v) is 11.9. The summed E-state index contributed by atoms with van der Waals surface area (Å²) in [5.41, 5.74) is 1.29. The van der Waals surface area contributed by atoms with Crippen molar-refractivity contribution in [2.75, 3.05) is 18.6 Å². The number of nitrogens with one attached hydrogen (secondary N) is 1. The molecule has 0 unspecified atom stereocenters. The normalized spacial score (nSPS) is 14.3. The van der Waals surface area contributed by atoms with Crippen LogP contribution < -0.4 is 19.7 Å². The summed E-state index contributed by atoms with van der Waals surface area (Å²) in [6, 6.07) is 16.9. The van der Waals surface area contributed by atoms with Crippen molar-refractivity contribution in [3.05, 3.63) is 94.0 Å². The van der Waals surface area contributed by atoms with Gasteiger partial charge in [-0.15, -0.1) is 0 Å². The maximum atomic E-state index is 13.3. The second-order valence-corrected chi connectivity index (χ2v) is 8.42. The van der Waals surface area contributed by atoms with E-state index in [4.69, 9.17) is 25.8 Å². The number of carbonyl (C=O) groups excluding carboxylic acids is 4. The van der Waals surface area contributed by atoms with E-state index in [9.17, 15) is 19.2 Å². The van der Waals surface area contributed by atoms with E-state index < -0.39 is 23.8 Å². The lowest BCUT2D eigenvalue weighted by molar-refractivity contribution is -0.122. The zero-order chi connectivity index (χ0) is 27.2. The van der Waals surface area contributed by atoms with Crippen LogP contribution in [0.15, 0.2) is 72.3 Å². The van der Waals surface area contributed by atoms with E-state index in [2.05, 4.69) is 5.32 Å². The van der Waals surface area contributed by atoms with Crippen molar-refractivity contribution in [3.8, 4) is 11.5 Å². The van der Waals surface area contributed by atoms with Gasteiger partial charge in [0.2, 0.25) is 0 Å². The van der Waals surface area contributed by atoms with Gasteiger partial charge in [0.05, 0.1) is 25.0 Å². The Balaban J connectivity index is 1.65. The number of benzene rings is 3. The molecule has 1 N–H and O–H groups in total. The predicted molar refractivity (Wildman–Crippen MR) is 140 cm³/mol. The minimum atomic E-state index is -0.911. The van der Waals surface area contributed by atoms with Gasteiger partial charge in [0.1, 0.15) is 23.7 Å². The molecular formula is C28H23ClN2O7. The number of barbiturate groups is 1. The van der Waals surface area contributed by atoms with E-state index in [0.29, 0.717) is 22.1 Å². The second-order valence-electron chi connectivity index (χ2n) is 8.01. The lowest BCUT2D eigenvalue weighted by Crippen LogP contribution is -2.54. The second kappa shape index (κ2) is 11.6. The lowest BCUT2D eigenvalue weighted by Gasteiger charge is -2.26. The fourth-order valence-corrected chi connectivity index (χ4v) is 3.86. The Morgan fingerprint density at radius 1 is 1.03 bits per heavy atom. The molecule has 0 bridgehead atoms. The third-order valence-corrected chi connectivity index (χ3v) is 5.97. The molecular weight excluding hydrogens is 512 g/mol. The Labute approximate surface area is 223 Å². The minimum absolute atomic E-state index is 0.126. The smallest absolute Gasteiger partial charge is 0.338 e. The predicted octanol–water partition coefficient (Wildman–Crippen LogP) is 4.77. The number of imide groups is 2. The number of esters is 1. The standard InChI is InChI=1S/C28H23ClN2O7/c1-3-37-27(34)17-8-11-20(12-9-17)31-26(33)22(25(32)30-28(31)35)14-18-10-13-21(36-2)15-24(18)38-16-19-6-4-5-7-23(19)29/h4-15H,3,16H2,1-2H3,(H,30,32,35)/b22-14+. The zero-order valence-corrected chi connectivity index (χ0v) is 21.3. The summed E-state index contributed by atoms with van der Waals surface area (Å²) in [5, 5.41) is 2.71. The molecule has 4 amide bonds. The summed E-state index contributed by atoms with van der Waals surface area (Å²) in [7, 11) is 1.50. The van der Waals surface area contributed by atoms with Crippen molar-refractivity contribution >= 4 is 47.2 Å². The number of anilines is 1. The van der Waals surface area contributed by atoms with Gasteiger partial charge in [0.25, 0.3) is 11.8 Å². The van der Waals surface area contributed by atoms with Crippen LogP contribution in [0.5, 0.6) is 11.5 Å². The first kappa shape index (κ1) is 26.4. The molecule has 0 saturated carbocycles. The van der Waals surface area contributed by atoms with Crippen molar-refractivity contribution in [2.45, 2.75) is 13.5 Å². The van der Waals surface area contributed by atoms with Gasteiger partial charge in [-0.1, -0.05) is 29.8 Å². The van der Waals surface area contributed by atoms with Gasteiger partial charge < -0.3 is 14.2 Å². The number of halogens is 1. The number of urea groups is 1. The highest BCUT2D eigenvalue weighted by atomic mass is 35.5. The van der Waals surface area contributed by atoms with Crippen LogP contribution in [0.25, 0.3) is 6.08 Å². The average molecular weight is 535 g/mol. The largest absolute Gasteiger partial charge is 0.497 e. The third-order valence-electron chi connectivity index (χ3n) is 5.60. The molecule has 9 nitrogen and oxygen atoms in total. The number of amides is 4. The molecule has 1 fully saturated rings. The Bertz CT molecular complexity index is 1430. The summed E-state index contributed by atoms with van der Waals surface area (Å²) in [5.74, 6) is -1.39. The Morgan fingerprint density at radius 2 is 1.76 bits per heavy atom. The van der Waals surface area contributed by atoms with Gasteiger partial charge in [0.15, 0.2) is 0 Å². The Morgan fingerprint density at radius 3 is 2.45 bits per heavy atom. The first-order valence-electron chi connectivity index (χ1n) is 11.5. The van der Waals surface area contributed by atoms with E-state index in [-0.39, 0.29) is 30.0 Å². The molecule has 0 radical (unpaired) electrons. The summed E-state index contributed by atoms with van der Waals surface area (Å²) >= 11 is 6.24. The quantitative estimate of drug-likeness (QED) is 0.252. The number of nitrogens with zero attached hydrogens (tertiary/aromatic N) is 1. The van der Waals surface area contributed by atoms with Crippen LogP contribution in [0.3, 0.4) is 0 Å². The van der Waals surface area contributed by atoms with Crippen LogP contribution in [0.1, 0.15) is 28.4 Å². The fourth-order valence-electron chi connectivity index (χ4n) is 3.67. The molecule has 38 heavy (non-hydrogen) atoms. The van der Waals surface area contributed by atoms with E-state index >= 15 is 0 Å². The van der Waals surface area contributed by atoms with Crippen LogP contribution in [0.2, 0.25) is 5.02 Å². The van der Waals surface area contributed by atoms with E-state index in [1.165, 1.54) is 37.5 Å². The van der Waals surface area contributed by atoms with Gasteiger partial charge in [-0.2, -0.15) is 0 Å². The Hall–Kier alpha value is -4.63. The van der Waals surface area contributed by atoms with E-state index in [0.717, 1.165) is 10.5 Å². The summed E-state index contributed by atoms with van der Waals surface area (Å²) in [6.45, 7) is 2.02. The first-order chi connectivity index (χ1) is 18.3. The van der Waals surface area contributed by atoms with Gasteiger partial charge in [-0.25, -0.2) is 14.5 Å².